The topological polar surface area (TPSA) is 92.4 Å². The second-order valence-corrected chi connectivity index (χ2v) is 2.34. The average molecular weight is 184 g/mol. The number of carbonyl (C=O) groups is 2. The van der Waals surface area contributed by atoms with Crippen molar-refractivity contribution < 1.29 is 19.1 Å². The number of carboxylic acid groups (broad SMARTS) is 1. The minimum Gasteiger partial charge on any atom is -0.476 e. The first-order valence-electron chi connectivity index (χ1n) is 3.51. The van der Waals surface area contributed by atoms with Crippen LogP contribution in [0.3, 0.4) is 0 Å². The molecule has 0 aliphatic heterocycles. The summed E-state index contributed by atoms with van der Waals surface area (Å²) in [7, 11) is 0. The Morgan fingerprint density at radius 2 is 2.38 bits per heavy atom. The van der Waals surface area contributed by atoms with Crippen LogP contribution in [0, 0.1) is 0 Å². The molecule has 1 heterocycles. The highest BCUT2D eigenvalue weighted by Gasteiger charge is 2.09. The normalized spacial score (nSPS) is 9.62. The van der Waals surface area contributed by atoms with Crippen molar-refractivity contribution in [3.8, 4) is 0 Å². The summed E-state index contributed by atoms with van der Waals surface area (Å²) in [5, 5.41) is 10.9. The van der Waals surface area contributed by atoms with Gasteiger partial charge >= 0.3 is 5.97 Å². The molecule has 6 nitrogen and oxygen atoms in total. The van der Waals surface area contributed by atoms with E-state index in [1.807, 2.05) is 0 Å². The van der Waals surface area contributed by atoms with Crippen molar-refractivity contribution in [2.75, 3.05) is 0 Å². The molecule has 1 aromatic heterocycles. The van der Waals surface area contributed by atoms with Crippen LogP contribution < -0.4 is 5.32 Å². The standard InChI is InChI=1S/C7H8N2O4/c1-4(10)8-2-6-9-5(3-13-6)7(11)12/h3H,2H2,1H3,(H,8,10)(H,11,12). The molecular weight excluding hydrogens is 176 g/mol. The number of carbonyl (C=O) groups excluding carboxylic acids is 1. The Balaban J connectivity index is 2.59. The summed E-state index contributed by atoms with van der Waals surface area (Å²) in [5.74, 6) is -1.21. The zero-order valence-electron chi connectivity index (χ0n) is 6.90. The summed E-state index contributed by atoms with van der Waals surface area (Å²) in [6.07, 6.45) is 1.03. The number of oxazole rings is 1. The van der Waals surface area contributed by atoms with Gasteiger partial charge in [-0.3, -0.25) is 4.79 Å². The maximum atomic E-state index is 10.5. The van der Waals surface area contributed by atoms with Crippen LogP contribution in [0.25, 0.3) is 0 Å². The summed E-state index contributed by atoms with van der Waals surface area (Å²) >= 11 is 0. The molecule has 1 amide bonds. The number of nitrogens with zero attached hydrogens (tertiary/aromatic N) is 1. The van der Waals surface area contributed by atoms with E-state index in [9.17, 15) is 9.59 Å². The highest BCUT2D eigenvalue weighted by Crippen LogP contribution is 2.00. The molecule has 0 aromatic carbocycles. The lowest BCUT2D eigenvalue weighted by molar-refractivity contribution is -0.119. The van der Waals surface area contributed by atoms with Crippen LogP contribution in [0.5, 0.6) is 0 Å². The van der Waals surface area contributed by atoms with Gasteiger partial charge in [-0.1, -0.05) is 0 Å². The molecule has 0 unspecified atom stereocenters. The molecule has 2 N–H and O–H groups in total. The predicted octanol–water partition coefficient (Wildman–Crippen LogP) is 0.00890. The van der Waals surface area contributed by atoms with Gasteiger partial charge in [0.2, 0.25) is 11.8 Å². The number of aromatic carboxylic acids is 1. The number of rotatable bonds is 3. The van der Waals surface area contributed by atoms with Crippen LogP contribution >= 0.6 is 0 Å². The van der Waals surface area contributed by atoms with E-state index in [0.717, 1.165) is 6.26 Å². The molecule has 0 saturated carbocycles. The quantitative estimate of drug-likeness (QED) is 0.690. The first-order valence-corrected chi connectivity index (χ1v) is 3.51. The molecule has 0 saturated heterocycles. The fourth-order valence-electron chi connectivity index (χ4n) is 0.690. The average Bonchev–Trinajstić information content (AvgIpc) is 2.48. The van der Waals surface area contributed by atoms with E-state index in [1.54, 1.807) is 0 Å². The molecule has 0 aliphatic rings. The molecule has 0 aliphatic carbocycles. The van der Waals surface area contributed by atoms with Crippen molar-refractivity contribution in [1.29, 1.82) is 0 Å². The van der Waals surface area contributed by atoms with Gasteiger partial charge in [-0.25, -0.2) is 9.78 Å². The monoisotopic (exact) mass is 184 g/mol. The summed E-state index contributed by atoms with van der Waals surface area (Å²) in [5.41, 5.74) is -0.166. The van der Waals surface area contributed by atoms with E-state index >= 15 is 0 Å². The highest BCUT2D eigenvalue weighted by atomic mass is 16.4. The first kappa shape index (κ1) is 9.24. The summed E-state index contributed by atoms with van der Waals surface area (Å²) in [4.78, 5) is 24.4. The lowest BCUT2D eigenvalue weighted by atomic mass is 10.5. The number of aromatic nitrogens is 1. The van der Waals surface area contributed by atoms with Gasteiger partial charge in [0.25, 0.3) is 0 Å². The summed E-state index contributed by atoms with van der Waals surface area (Å²) < 4.78 is 4.77. The second-order valence-electron chi connectivity index (χ2n) is 2.34. The molecular formula is C7H8N2O4. The third-order valence-corrected chi connectivity index (χ3v) is 1.26. The van der Waals surface area contributed by atoms with Crippen LogP contribution in [0.15, 0.2) is 10.7 Å². The van der Waals surface area contributed by atoms with Gasteiger partial charge in [0.1, 0.15) is 6.26 Å². The third kappa shape index (κ3) is 2.58. The van der Waals surface area contributed by atoms with Crippen molar-refractivity contribution in [3.05, 3.63) is 17.8 Å². The Morgan fingerprint density at radius 1 is 1.69 bits per heavy atom. The third-order valence-electron chi connectivity index (χ3n) is 1.26. The molecule has 6 heteroatoms. The Kier molecular flexibility index (Phi) is 2.63. The van der Waals surface area contributed by atoms with Crippen LogP contribution in [-0.4, -0.2) is 22.0 Å². The summed E-state index contributed by atoms with van der Waals surface area (Å²) in [6.45, 7) is 1.45. The van der Waals surface area contributed by atoms with E-state index < -0.39 is 5.97 Å². The van der Waals surface area contributed by atoms with Crippen LogP contribution in [-0.2, 0) is 11.3 Å². The van der Waals surface area contributed by atoms with Gasteiger partial charge in [-0.05, 0) is 0 Å². The Hall–Kier alpha value is -1.85. The van der Waals surface area contributed by atoms with E-state index in [-0.39, 0.29) is 24.0 Å². The largest absolute Gasteiger partial charge is 0.476 e. The first-order chi connectivity index (χ1) is 6.09. The SMILES string of the molecule is CC(=O)NCc1nc(C(=O)O)co1. The molecule has 13 heavy (non-hydrogen) atoms. The van der Waals surface area contributed by atoms with Crippen molar-refractivity contribution in [1.82, 2.24) is 10.3 Å². The van der Waals surface area contributed by atoms with Gasteiger partial charge in [-0.15, -0.1) is 0 Å². The Bertz CT molecular complexity index is 331. The number of hydrogen-bond donors (Lipinski definition) is 2. The van der Waals surface area contributed by atoms with Gasteiger partial charge in [0.15, 0.2) is 5.69 Å². The fraction of sp³-hybridized carbons (Fsp3) is 0.286. The smallest absolute Gasteiger partial charge is 0.357 e. The van der Waals surface area contributed by atoms with Crippen molar-refractivity contribution in [2.45, 2.75) is 13.5 Å². The molecule has 0 bridgehead atoms. The minimum absolute atomic E-state index is 0.0998. The Morgan fingerprint density at radius 3 is 2.85 bits per heavy atom. The number of amides is 1. The van der Waals surface area contributed by atoms with Gasteiger partial charge < -0.3 is 14.8 Å². The minimum atomic E-state index is -1.15. The zero-order chi connectivity index (χ0) is 9.84. The lowest BCUT2D eigenvalue weighted by Crippen LogP contribution is -2.19. The van der Waals surface area contributed by atoms with Crippen molar-refractivity contribution >= 4 is 11.9 Å². The molecule has 1 rings (SSSR count). The number of nitrogens with one attached hydrogen (secondary N) is 1. The predicted molar refractivity (Wildman–Crippen MR) is 41.0 cm³/mol. The van der Waals surface area contributed by atoms with E-state index in [4.69, 9.17) is 9.52 Å². The maximum Gasteiger partial charge on any atom is 0.357 e. The lowest BCUT2D eigenvalue weighted by Gasteiger charge is -1.94. The molecule has 0 fully saturated rings. The van der Waals surface area contributed by atoms with E-state index in [1.165, 1.54) is 6.92 Å². The van der Waals surface area contributed by atoms with Crippen molar-refractivity contribution in [2.24, 2.45) is 0 Å². The van der Waals surface area contributed by atoms with Gasteiger partial charge in [-0.2, -0.15) is 0 Å². The number of hydrogen-bond acceptors (Lipinski definition) is 4. The van der Waals surface area contributed by atoms with Gasteiger partial charge in [0, 0.05) is 6.92 Å². The molecule has 1 aromatic rings. The molecule has 0 atom stereocenters. The van der Waals surface area contributed by atoms with Crippen LogP contribution in [0.4, 0.5) is 0 Å². The maximum absolute atomic E-state index is 10.5. The molecule has 0 spiro atoms. The van der Waals surface area contributed by atoms with Crippen LogP contribution in [0.1, 0.15) is 23.3 Å². The van der Waals surface area contributed by atoms with Gasteiger partial charge in [0.05, 0.1) is 6.54 Å². The highest BCUT2D eigenvalue weighted by molar-refractivity contribution is 5.84. The number of carboxylic acids is 1. The molecule has 0 radical (unpaired) electrons. The zero-order valence-corrected chi connectivity index (χ0v) is 6.90. The van der Waals surface area contributed by atoms with Crippen LogP contribution in [0.2, 0.25) is 0 Å². The van der Waals surface area contributed by atoms with E-state index in [0.29, 0.717) is 0 Å². The fourth-order valence-corrected chi connectivity index (χ4v) is 0.690. The summed E-state index contributed by atoms with van der Waals surface area (Å²) in [6, 6.07) is 0. The van der Waals surface area contributed by atoms with E-state index in [2.05, 4.69) is 10.3 Å². The second kappa shape index (κ2) is 3.70. The Labute approximate surface area is 73.6 Å². The van der Waals surface area contributed by atoms with Crippen molar-refractivity contribution in [3.63, 3.8) is 0 Å². The molecule has 70 valence electrons.